The van der Waals surface area contributed by atoms with Gasteiger partial charge in [0.15, 0.2) is 11.6 Å². The molecular weight excluding hydrogens is 238 g/mol. The predicted octanol–water partition coefficient (Wildman–Crippen LogP) is 3.01. The lowest BCUT2D eigenvalue weighted by molar-refractivity contribution is 0.0977. The van der Waals surface area contributed by atoms with Gasteiger partial charge in [0, 0.05) is 18.3 Å². The number of pyridine rings is 1. The molecule has 0 N–H and O–H groups in total. The predicted molar refractivity (Wildman–Crippen MR) is 73.5 cm³/mol. The molecule has 0 bridgehead atoms. The van der Waals surface area contributed by atoms with Crippen molar-refractivity contribution < 1.29 is 4.79 Å². The van der Waals surface area contributed by atoms with Crippen molar-refractivity contribution in [3.05, 3.63) is 54.6 Å². The van der Waals surface area contributed by atoms with Crippen LogP contribution in [0.3, 0.4) is 0 Å². The zero-order valence-corrected chi connectivity index (χ0v) is 10.6. The Hall–Kier alpha value is -2.49. The van der Waals surface area contributed by atoms with Crippen LogP contribution < -0.4 is 0 Å². The summed E-state index contributed by atoms with van der Waals surface area (Å²) < 4.78 is 1.87. The van der Waals surface area contributed by atoms with Gasteiger partial charge in [0.2, 0.25) is 0 Å². The lowest BCUT2D eigenvalue weighted by atomic mass is 10.2. The van der Waals surface area contributed by atoms with Crippen molar-refractivity contribution >= 4 is 16.8 Å². The van der Waals surface area contributed by atoms with Gasteiger partial charge in [0.25, 0.3) is 0 Å². The first-order valence-corrected chi connectivity index (χ1v) is 6.22. The third-order valence-electron chi connectivity index (χ3n) is 3.04. The molecule has 0 aliphatic rings. The molecule has 0 amide bonds. The van der Waals surface area contributed by atoms with Crippen LogP contribution in [0.1, 0.15) is 24.0 Å². The van der Waals surface area contributed by atoms with Gasteiger partial charge in [-0.25, -0.2) is 4.98 Å². The number of carbonyl (C=O) groups excluding carboxylic acids is 1. The van der Waals surface area contributed by atoms with E-state index in [1.54, 1.807) is 12.4 Å². The van der Waals surface area contributed by atoms with Gasteiger partial charge in [0.05, 0.1) is 17.2 Å². The summed E-state index contributed by atoms with van der Waals surface area (Å²) in [6.07, 6.45) is 3.86. The summed E-state index contributed by atoms with van der Waals surface area (Å²) in [4.78, 5) is 20.6. The van der Waals surface area contributed by atoms with Crippen LogP contribution in [-0.2, 0) is 0 Å². The first-order valence-electron chi connectivity index (χ1n) is 6.22. The molecule has 1 aromatic carbocycles. The number of nitrogens with zero attached hydrogens (tertiary/aromatic N) is 3. The summed E-state index contributed by atoms with van der Waals surface area (Å²) in [5.41, 5.74) is 2.57. The summed E-state index contributed by atoms with van der Waals surface area (Å²) in [7, 11) is 0. The Labute approximate surface area is 110 Å². The lowest BCUT2D eigenvalue weighted by Crippen LogP contribution is -2.07. The van der Waals surface area contributed by atoms with E-state index >= 15 is 0 Å². The van der Waals surface area contributed by atoms with Gasteiger partial charge in [-0.1, -0.05) is 25.1 Å². The first kappa shape index (κ1) is 11.6. The second-order valence-electron chi connectivity index (χ2n) is 4.25. The molecule has 0 saturated carbocycles. The van der Waals surface area contributed by atoms with E-state index in [1.807, 2.05) is 47.9 Å². The molecule has 4 heteroatoms. The number of carbonyl (C=O) groups is 1. The monoisotopic (exact) mass is 251 g/mol. The van der Waals surface area contributed by atoms with Crippen LogP contribution in [0.4, 0.5) is 0 Å². The molecule has 0 spiro atoms. The van der Waals surface area contributed by atoms with Crippen molar-refractivity contribution in [1.29, 1.82) is 0 Å². The average Bonchev–Trinajstić information content (AvgIpc) is 2.86. The number of para-hydroxylation sites is 1. The van der Waals surface area contributed by atoms with E-state index in [0.717, 1.165) is 16.7 Å². The maximum absolute atomic E-state index is 12.1. The highest BCUT2D eigenvalue weighted by Gasteiger charge is 2.17. The van der Waals surface area contributed by atoms with Crippen LogP contribution in [0.5, 0.6) is 0 Å². The van der Waals surface area contributed by atoms with Gasteiger partial charge in [-0.2, -0.15) is 0 Å². The Balaban J connectivity index is 2.34. The maximum Gasteiger partial charge on any atom is 0.198 e. The molecule has 2 aromatic heterocycles. The fourth-order valence-electron chi connectivity index (χ4n) is 2.11. The van der Waals surface area contributed by atoms with Crippen LogP contribution in [0, 0.1) is 0 Å². The highest BCUT2D eigenvalue weighted by molar-refractivity contribution is 5.97. The van der Waals surface area contributed by atoms with Gasteiger partial charge in [0.1, 0.15) is 0 Å². The fraction of sp³-hybridized carbons (Fsp3) is 0.133. The van der Waals surface area contributed by atoms with Gasteiger partial charge >= 0.3 is 0 Å². The average molecular weight is 251 g/mol. The Kier molecular flexibility index (Phi) is 2.83. The number of ketones is 1. The van der Waals surface area contributed by atoms with E-state index in [9.17, 15) is 4.79 Å². The van der Waals surface area contributed by atoms with E-state index in [0.29, 0.717) is 12.2 Å². The van der Waals surface area contributed by atoms with Crippen molar-refractivity contribution in [2.24, 2.45) is 0 Å². The van der Waals surface area contributed by atoms with E-state index in [2.05, 4.69) is 9.97 Å². The normalized spacial score (nSPS) is 10.8. The van der Waals surface area contributed by atoms with Gasteiger partial charge in [-0.15, -0.1) is 0 Å². The summed E-state index contributed by atoms with van der Waals surface area (Å²) in [6.45, 7) is 1.84. The fourth-order valence-corrected chi connectivity index (χ4v) is 2.11. The quantitative estimate of drug-likeness (QED) is 0.672. The highest BCUT2D eigenvalue weighted by Crippen LogP contribution is 2.21. The molecule has 0 aliphatic heterocycles. The molecule has 0 unspecified atom stereocenters. The van der Waals surface area contributed by atoms with E-state index < -0.39 is 0 Å². The third kappa shape index (κ3) is 1.91. The number of rotatable bonds is 3. The molecule has 0 saturated heterocycles. The Morgan fingerprint density at radius 2 is 2.00 bits per heavy atom. The van der Waals surface area contributed by atoms with Gasteiger partial charge < -0.3 is 0 Å². The minimum Gasteiger partial charge on any atom is -0.291 e. The third-order valence-corrected chi connectivity index (χ3v) is 3.04. The number of fused-ring (bicyclic) bond motifs is 1. The topological polar surface area (TPSA) is 47.8 Å². The number of Topliss-reactive ketones (excluding diaryl/α,β-unsaturated/α-hetero) is 1. The van der Waals surface area contributed by atoms with Crippen LogP contribution in [0.2, 0.25) is 0 Å². The second kappa shape index (κ2) is 4.65. The van der Waals surface area contributed by atoms with Gasteiger partial charge in [-0.3, -0.25) is 14.3 Å². The van der Waals surface area contributed by atoms with Crippen molar-refractivity contribution in [1.82, 2.24) is 14.5 Å². The first-order chi connectivity index (χ1) is 9.31. The second-order valence-corrected chi connectivity index (χ2v) is 4.25. The van der Waals surface area contributed by atoms with E-state index in [-0.39, 0.29) is 5.78 Å². The minimum absolute atomic E-state index is 0.0278. The minimum atomic E-state index is 0.0278. The smallest absolute Gasteiger partial charge is 0.198 e. The van der Waals surface area contributed by atoms with Gasteiger partial charge in [-0.05, 0) is 18.2 Å². The van der Waals surface area contributed by atoms with Crippen molar-refractivity contribution in [2.75, 3.05) is 0 Å². The molecule has 0 aliphatic carbocycles. The number of hydrogen-bond acceptors (Lipinski definition) is 3. The highest BCUT2D eigenvalue weighted by atomic mass is 16.1. The van der Waals surface area contributed by atoms with Crippen molar-refractivity contribution in [3.63, 3.8) is 0 Å². The number of aromatic nitrogens is 3. The standard InChI is InChI=1S/C15H13N3O/c1-2-14(19)15-17-12-8-9-16-10-13(12)18(15)11-6-4-3-5-7-11/h3-10H,2H2,1H3. The molecule has 4 nitrogen and oxygen atoms in total. The Morgan fingerprint density at radius 3 is 2.74 bits per heavy atom. The Morgan fingerprint density at radius 1 is 1.21 bits per heavy atom. The number of benzene rings is 1. The SMILES string of the molecule is CCC(=O)c1nc2ccncc2n1-c1ccccc1. The van der Waals surface area contributed by atoms with Crippen LogP contribution in [0.15, 0.2) is 48.8 Å². The molecule has 0 fully saturated rings. The van der Waals surface area contributed by atoms with Crippen LogP contribution in [-0.4, -0.2) is 20.3 Å². The molecule has 19 heavy (non-hydrogen) atoms. The number of hydrogen-bond donors (Lipinski definition) is 0. The van der Waals surface area contributed by atoms with Crippen LogP contribution >= 0.6 is 0 Å². The summed E-state index contributed by atoms with van der Waals surface area (Å²) in [6, 6.07) is 11.6. The zero-order valence-electron chi connectivity index (χ0n) is 10.6. The van der Waals surface area contributed by atoms with Crippen molar-refractivity contribution in [2.45, 2.75) is 13.3 Å². The van der Waals surface area contributed by atoms with Crippen molar-refractivity contribution in [3.8, 4) is 5.69 Å². The maximum atomic E-state index is 12.1. The van der Waals surface area contributed by atoms with E-state index in [1.165, 1.54) is 0 Å². The zero-order chi connectivity index (χ0) is 13.2. The summed E-state index contributed by atoms with van der Waals surface area (Å²) in [5.74, 6) is 0.497. The van der Waals surface area contributed by atoms with Crippen LogP contribution in [0.25, 0.3) is 16.7 Å². The molecule has 3 rings (SSSR count). The number of imidazole rings is 1. The molecule has 3 aromatic rings. The lowest BCUT2D eigenvalue weighted by Gasteiger charge is -2.07. The molecule has 94 valence electrons. The Bertz CT molecular complexity index is 731. The molecule has 2 heterocycles. The molecule has 0 atom stereocenters. The molecule has 0 radical (unpaired) electrons. The largest absolute Gasteiger partial charge is 0.291 e. The summed E-state index contributed by atoms with van der Waals surface area (Å²) in [5, 5.41) is 0. The summed E-state index contributed by atoms with van der Waals surface area (Å²) >= 11 is 0. The molecular formula is C15H13N3O. The van der Waals surface area contributed by atoms with E-state index in [4.69, 9.17) is 0 Å².